The van der Waals surface area contributed by atoms with E-state index in [4.69, 9.17) is 0 Å². The van der Waals surface area contributed by atoms with Crippen LogP contribution in [0.5, 0.6) is 0 Å². The van der Waals surface area contributed by atoms with Crippen molar-refractivity contribution in [3.8, 4) is 11.3 Å². The third-order valence-corrected chi connectivity index (χ3v) is 3.98. The van der Waals surface area contributed by atoms with Gasteiger partial charge in [0.05, 0.1) is 4.90 Å². The number of aromatic nitrogens is 3. The van der Waals surface area contributed by atoms with E-state index in [-0.39, 0.29) is 0 Å². The first-order valence-electron chi connectivity index (χ1n) is 5.64. The normalized spacial score (nSPS) is 11.8. The number of H-pyrrole nitrogens is 1. The fourth-order valence-corrected chi connectivity index (χ4v) is 2.52. The quantitative estimate of drug-likeness (QED) is 0.775. The van der Waals surface area contributed by atoms with Crippen molar-refractivity contribution in [3.05, 3.63) is 42.7 Å². The summed E-state index contributed by atoms with van der Waals surface area (Å²) >= 11 is 0. The predicted molar refractivity (Wildman–Crippen MR) is 72.4 cm³/mol. The molecule has 0 bridgehead atoms. The third kappa shape index (κ3) is 2.22. The topological polar surface area (TPSA) is 75.7 Å². The first kappa shape index (κ1) is 11.9. The number of sulfone groups is 1. The zero-order valence-corrected chi connectivity index (χ0v) is 11.0. The first-order valence-corrected chi connectivity index (χ1v) is 7.53. The van der Waals surface area contributed by atoms with E-state index in [0.29, 0.717) is 10.5 Å². The number of nitrogens with zero attached hydrogens (tertiary/aromatic N) is 2. The van der Waals surface area contributed by atoms with E-state index >= 15 is 0 Å². The van der Waals surface area contributed by atoms with Gasteiger partial charge in [0.1, 0.15) is 5.52 Å². The van der Waals surface area contributed by atoms with E-state index in [1.54, 1.807) is 36.7 Å². The summed E-state index contributed by atoms with van der Waals surface area (Å²) in [6.07, 6.45) is 4.45. The van der Waals surface area contributed by atoms with Crippen LogP contribution in [0.25, 0.3) is 22.4 Å². The molecule has 0 radical (unpaired) electrons. The van der Waals surface area contributed by atoms with Crippen molar-refractivity contribution in [2.45, 2.75) is 4.90 Å². The zero-order valence-electron chi connectivity index (χ0n) is 10.2. The lowest BCUT2D eigenvalue weighted by Gasteiger charge is -2.00. The van der Waals surface area contributed by atoms with Crippen LogP contribution in [0.4, 0.5) is 0 Å². The van der Waals surface area contributed by atoms with Crippen LogP contribution in [-0.2, 0) is 9.84 Å². The Morgan fingerprint density at radius 2 is 1.74 bits per heavy atom. The monoisotopic (exact) mass is 273 g/mol. The van der Waals surface area contributed by atoms with E-state index in [0.717, 1.165) is 16.8 Å². The molecule has 3 rings (SSSR count). The Kier molecular flexibility index (Phi) is 2.60. The SMILES string of the molecule is CS(=O)(=O)c1ccc(-c2cc3nccnc3[nH]2)cc1. The van der Waals surface area contributed by atoms with Gasteiger partial charge in [0.15, 0.2) is 15.5 Å². The summed E-state index contributed by atoms with van der Waals surface area (Å²) in [7, 11) is -3.16. The van der Waals surface area contributed by atoms with Crippen molar-refractivity contribution in [3.63, 3.8) is 0 Å². The number of benzene rings is 1. The number of hydrogen-bond donors (Lipinski definition) is 1. The number of hydrogen-bond acceptors (Lipinski definition) is 4. The lowest BCUT2D eigenvalue weighted by molar-refractivity contribution is 0.602. The largest absolute Gasteiger partial charge is 0.338 e. The summed E-state index contributed by atoms with van der Waals surface area (Å²) in [5, 5.41) is 0. The summed E-state index contributed by atoms with van der Waals surface area (Å²) in [4.78, 5) is 11.8. The molecule has 0 fully saturated rings. The Bertz CT molecular complexity index is 803. The molecule has 0 spiro atoms. The highest BCUT2D eigenvalue weighted by Crippen LogP contribution is 2.23. The fourth-order valence-electron chi connectivity index (χ4n) is 1.89. The van der Waals surface area contributed by atoms with E-state index < -0.39 is 9.84 Å². The molecule has 0 saturated carbocycles. The van der Waals surface area contributed by atoms with Crippen LogP contribution in [0, 0.1) is 0 Å². The highest BCUT2D eigenvalue weighted by molar-refractivity contribution is 7.90. The molecule has 3 aromatic rings. The minimum absolute atomic E-state index is 0.309. The molecule has 0 aliphatic carbocycles. The smallest absolute Gasteiger partial charge is 0.175 e. The molecule has 1 aromatic carbocycles. The Morgan fingerprint density at radius 3 is 2.37 bits per heavy atom. The number of nitrogens with one attached hydrogen (secondary N) is 1. The predicted octanol–water partition coefficient (Wildman–Crippen LogP) is 2.03. The molecule has 0 unspecified atom stereocenters. The van der Waals surface area contributed by atoms with Crippen LogP contribution in [0.15, 0.2) is 47.6 Å². The molecule has 0 atom stereocenters. The van der Waals surface area contributed by atoms with E-state index in [2.05, 4.69) is 15.0 Å². The number of fused-ring (bicyclic) bond motifs is 1. The molecule has 19 heavy (non-hydrogen) atoms. The van der Waals surface area contributed by atoms with Gasteiger partial charge in [0.25, 0.3) is 0 Å². The maximum absolute atomic E-state index is 11.4. The van der Waals surface area contributed by atoms with Crippen LogP contribution in [0.2, 0.25) is 0 Å². The summed E-state index contributed by atoms with van der Waals surface area (Å²) in [6.45, 7) is 0. The Labute approximate surface area is 110 Å². The van der Waals surface area contributed by atoms with Gasteiger partial charge in [0.2, 0.25) is 0 Å². The van der Waals surface area contributed by atoms with Gasteiger partial charge in [-0.15, -0.1) is 0 Å². The molecule has 96 valence electrons. The second-order valence-corrected chi connectivity index (χ2v) is 6.29. The molecule has 0 saturated heterocycles. The van der Waals surface area contributed by atoms with Crippen LogP contribution >= 0.6 is 0 Å². The van der Waals surface area contributed by atoms with Gasteiger partial charge in [-0.2, -0.15) is 0 Å². The standard InChI is InChI=1S/C13H11N3O2S/c1-19(17,18)10-4-2-9(3-5-10)11-8-12-13(16-11)15-7-6-14-12/h2-8H,1H3,(H,15,16). The summed E-state index contributed by atoms with van der Waals surface area (Å²) in [6, 6.07) is 8.61. The third-order valence-electron chi connectivity index (χ3n) is 2.85. The maximum Gasteiger partial charge on any atom is 0.175 e. The van der Waals surface area contributed by atoms with E-state index in [1.165, 1.54) is 6.26 Å². The highest BCUT2D eigenvalue weighted by Gasteiger charge is 2.08. The second kappa shape index (κ2) is 4.17. The molecular formula is C13H11N3O2S. The zero-order chi connectivity index (χ0) is 13.5. The van der Waals surface area contributed by atoms with Crippen LogP contribution in [0.3, 0.4) is 0 Å². The van der Waals surface area contributed by atoms with Crippen LogP contribution < -0.4 is 0 Å². The first-order chi connectivity index (χ1) is 9.04. The van der Waals surface area contributed by atoms with Gasteiger partial charge in [-0.05, 0) is 23.8 Å². The molecule has 2 aromatic heterocycles. The van der Waals surface area contributed by atoms with Gasteiger partial charge in [-0.3, -0.25) is 4.98 Å². The molecule has 0 aliphatic rings. The average molecular weight is 273 g/mol. The summed E-state index contributed by atoms with van der Waals surface area (Å²) < 4.78 is 22.8. The van der Waals surface area contributed by atoms with Gasteiger partial charge in [0, 0.05) is 24.3 Å². The lowest BCUT2D eigenvalue weighted by Crippen LogP contribution is -1.96. The van der Waals surface area contributed by atoms with Crippen LogP contribution in [0.1, 0.15) is 0 Å². The van der Waals surface area contributed by atoms with E-state index in [1.807, 2.05) is 6.07 Å². The average Bonchev–Trinajstić information content (AvgIpc) is 2.81. The minimum atomic E-state index is -3.16. The molecule has 2 heterocycles. The van der Waals surface area contributed by atoms with Crippen molar-refractivity contribution < 1.29 is 8.42 Å². The summed E-state index contributed by atoms with van der Waals surface area (Å²) in [5.41, 5.74) is 3.25. The highest BCUT2D eigenvalue weighted by atomic mass is 32.2. The lowest BCUT2D eigenvalue weighted by atomic mass is 10.2. The molecule has 6 heteroatoms. The molecule has 1 N–H and O–H groups in total. The molecule has 5 nitrogen and oxygen atoms in total. The Balaban J connectivity index is 2.07. The second-order valence-electron chi connectivity index (χ2n) is 4.27. The van der Waals surface area contributed by atoms with Gasteiger partial charge in [-0.1, -0.05) is 12.1 Å². The minimum Gasteiger partial charge on any atom is -0.338 e. The number of rotatable bonds is 2. The van der Waals surface area contributed by atoms with Crippen molar-refractivity contribution in [1.29, 1.82) is 0 Å². The Morgan fingerprint density at radius 1 is 1.05 bits per heavy atom. The van der Waals surface area contributed by atoms with Gasteiger partial charge < -0.3 is 4.98 Å². The van der Waals surface area contributed by atoms with Crippen LogP contribution in [-0.4, -0.2) is 29.6 Å². The van der Waals surface area contributed by atoms with Crippen molar-refractivity contribution in [2.24, 2.45) is 0 Å². The maximum atomic E-state index is 11.4. The van der Waals surface area contributed by atoms with E-state index in [9.17, 15) is 8.42 Å². The molecule has 0 amide bonds. The summed E-state index contributed by atoms with van der Waals surface area (Å²) in [5.74, 6) is 0. The molecular weight excluding hydrogens is 262 g/mol. The van der Waals surface area contributed by atoms with Gasteiger partial charge >= 0.3 is 0 Å². The van der Waals surface area contributed by atoms with Crippen molar-refractivity contribution in [2.75, 3.05) is 6.26 Å². The van der Waals surface area contributed by atoms with Gasteiger partial charge in [-0.25, -0.2) is 13.4 Å². The Hall–Kier alpha value is -2.21. The van der Waals surface area contributed by atoms with Crippen molar-refractivity contribution in [1.82, 2.24) is 15.0 Å². The number of aromatic amines is 1. The fraction of sp³-hybridized carbons (Fsp3) is 0.0769. The molecule has 0 aliphatic heterocycles. The van der Waals surface area contributed by atoms with Crippen molar-refractivity contribution >= 4 is 21.0 Å².